The summed E-state index contributed by atoms with van der Waals surface area (Å²) in [4.78, 5) is 27.9. The van der Waals surface area contributed by atoms with Crippen molar-refractivity contribution in [3.8, 4) is 5.75 Å². The van der Waals surface area contributed by atoms with Crippen molar-refractivity contribution in [2.45, 2.75) is 13.5 Å². The van der Waals surface area contributed by atoms with E-state index in [2.05, 4.69) is 5.32 Å². The largest absolute Gasteiger partial charge is 0.496 e. The van der Waals surface area contributed by atoms with Gasteiger partial charge in [0.2, 0.25) is 5.91 Å². The van der Waals surface area contributed by atoms with Gasteiger partial charge in [0.25, 0.3) is 5.91 Å². The zero-order chi connectivity index (χ0) is 21.5. The van der Waals surface area contributed by atoms with E-state index >= 15 is 0 Å². The summed E-state index contributed by atoms with van der Waals surface area (Å²) in [5.74, 6) is 1.40. The van der Waals surface area contributed by atoms with Gasteiger partial charge in [0, 0.05) is 28.6 Å². The normalized spacial score (nSPS) is 13.4. The summed E-state index contributed by atoms with van der Waals surface area (Å²) >= 11 is 7.43. The van der Waals surface area contributed by atoms with Crippen LogP contribution in [0.4, 0.5) is 5.69 Å². The monoisotopic (exact) mass is 446 g/mol. The summed E-state index contributed by atoms with van der Waals surface area (Å²) in [6.07, 6.45) is 0. The molecule has 158 valence electrons. The van der Waals surface area contributed by atoms with Crippen LogP contribution in [0.15, 0.2) is 59.2 Å². The minimum atomic E-state index is -0.288. The number of thioether (sulfide) groups is 1. The molecule has 0 aliphatic carbocycles. The number of hydrogen-bond donors (Lipinski definition) is 1. The van der Waals surface area contributed by atoms with Gasteiger partial charge in [-0.3, -0.25) is 14.5 Å². The number of nitrogens with zero attached hydrogens (tertiary/aromatic N) is 1. The predicted octanol–water partition coefficient (Wildman–Crippen LogP) is 3.99. The van der Waals surface area contributed by atoms with Crippen LogP contribution in [0.25, 0.3) is 0 Å². The number of ether oxygens (including phenoxy) is 2. The molecule has 1 N–H and O–H groups in total. The van der Waals surface area contributed by atoms with E-state index in [0.29, 0.717) is 46.0 Å². The van der Waals surface area contributed by atoms with Gasteiger partial charge < -0.3 is 14.8 Å². The number of halogens is 1. The zero-order valence-corrected chi connectivity index (χ0v) is 18.4. The van der Waals surface area contributed by atoms with E-state index in [1.54, 1.807) is 38.3 Å². The first-order valence-corrected chi connectivity index (χ1v) is 10.8. The van der Waals surface area contributed by atoms with Crippen molar-refractivity contribution in [3.63, 3.8) is 0 Å². The van der Waals surface area contributed by atoms with Crippen molar-refractivity contribution in [2.75, 3.05) is 30.9 Å². The van der Waals surface area contributed by atoms with E-state index < -0.39 is 0 Å². The van der Waals surface area contributed by atoms with Crippen LogP contribution >= 0.6 is 23.4 Å². The highest BCUT2D eigenvalue weighted by Gasteiger charge is 2.27. The topological polar surface area (TPSA) is 67.9 Å². The first-order chi connectivity index (χ1) is 14.5. The van der Waals surface area contributed by atoms with E-state index in [4.69, 9.17) is 21.1 Å². The number of methoxy groups -OCH3 is 1. The van der Waals surface area contributed by atoms with Gasteiger partial charge in [-0.2, -0.15) is 0 Å². The molecule has 0 saturated carbocycles. The quantitative estimate of drug-likeness (QED) is 0.696. The van der Waals surface area contributed by atoms with Gasteiger partial charge in [0.15, 0.2) is 0 Å². The van der Waals surface area contributed by atoms with Gasteiger partial charge >= 0.3 is 0 Å². The second-order valence-corrected chi connectivity index (χ2v) is 8.08. The minimum Gasteiger partial charge on any atom is -0.496 e. The standard InChI is InChI=1S/C22H23ClN2O4S/c1-15-21(30-12-11-29-15)22(27)25(18-9-7-17(23)8-10-18)14-20(26)24-13-16-5-3-4-6-19(16)28-2/h3-10H,11-14H2,1-2H3,(H,24,26). The van der Waals surface area contributed by atoms with Crippen LogP contribution < -0.4 is 15.0 Å². The third-order valence-electron chi connectivity index (χ3n) is 4.52. The first kappa shape index (κ1) is 22.1. The van der Waals surface area contributed by atoms with Gasteiger partial charge in [-0.1, -0.05) is 29.8 Å². The smallest absolute Gasteiger partial charge is 0.268 e. The van der Waals surface area contributed by atoms with Crippen LogP contribution in [0.1, 0.15) is 12.5 Å². The molecule has 6 nitrogen and oxygen atoms in total. The number of hydrogen-bond acceptors (Lipinski definition) is 5. The number of carbonyl (C=O) groups excluding carboxylic acids is 2. The lowest BCUT2D eigenvalue weighted by Crippen LogP contribution is -2.41. The van der Waals surface area contributed by atoms with E-state index in [1.165, 1.54) is 16.7 Å². The van der Waals surface area contributed by atoms with Crippen molar-refractivity contribution in [1.82, 2.24) is 5.32 Å². The highest BCUT2D eigenvalue weighted by molar-refractivity contribution is 8.04. The summed E-state index contributed by atoms with van der Waals surface area (Å²) < 4.78 is 10.8. The maximum Gasteiger partial charge on any atom is 0.268 e. The van der Waals surface area contributed by atoms with Gasteiger partial charge in [-0.25, -0.2) is 0 Å². The molecule has 8 heteroatoms. The Morgan fingerprint density at radius 3 is 2.63 bits per heavy atom. The molecule has 2 amide bonds. The number of amides is 2. The number of carbonyl (C=O) groups is 2. The summed E-state index contributed by atoms with van der Waals surface area (Å²) in [6.45, 7) is 2.49. The van der Waals surface area contributed by atoms with E-state index in [-0.39, 0.29) is 18.4 Å². The van der Waals surface area contributed by atoms with Gasteiger partial charge in [0.1, 0.15) is 23.0 Å². The van der Waals surface area contributed by atoms with Crippen LogP contribution in [0.5, 0.6) is 5.75 Å². The number of benzene rings is 2. The molecule has 3 rings (SSSR count). The second kappa shape index (κ2) is 10.4. The Hall–Kier alpha value is -2.64. The Labute approximate surface area is 185 Å². The fourth-order valence-corrected chi connectivity index (χ4v) is 3.98. The van der Waals surface area contributed by atoms with Crippen LogP contribution in [0.2, 0.25) is 5.02 Å². The number of para-hydroxylation sites is 1. The average Bonchev–Trinajstić information content (AvgIpc) is 2.77. The maximum absolute atomic E-state index is 13.2. The summed E-state index contributed by atoms with van der Waals surface area (Å²) in [5.41, 5.74) is 1.44. The van der Waals surface area contributed by atoms with Crippen molar-refractivity contribution in [2.24, 2.45) is 0 Å². The minimum absolute atomic E-state index is 0.132. The molecule has 0 unspecified atom stereocenters. The predicted molar refractivity (Wildman–Crippen MR) is 120 cm³/mol. The van der Waals surface area contributed by atoms with Crippen molar-refractivity contribution in [1.29, 1.82) is 0 Å². The molecular weight excluding hydrogens is 424 g/mol. The molecular formula is C22H23ClN2O4S. The Morgan fingerprint density at radius 2 is 1.93 bits per heavy atom. The number of allylic oxidation sites excluding steroid dienone is 1. The molecule has 1 aliphatic rings. The molecule has 1 aliphatic heterocycles. The van der Waals surface area contributed by atoms with Crippen LogP contribution in [0, 0.1) is 0 Å². The van der Waals surface area contributed by atoms with Gasteiger partial charge in [0.05, 0.1) is 13.7 Å². The summed E-state index contributed by atoms with van der Waals surface area (Å²) in [7, 11) is 1.58. The Kier molecular flexibility index (Phi) is 7.65. The van der Waals surface area contributed by atoms with Gasteiger partial charge in [-0.05, 0) is 37.3 Å². The Bertz CT molecular complexity index is 946. The zero-order valence-electron chi connectivity index (χ0n) is 16.8. The van der Waals surface area contributed by atoms with Crippen molar-refractivity contribution < 1.29 is 19.1 Å². The third kappa shape index (κ3) is 5.49. The molecule has 0 atom stereocenters. The molecule has 30 heavy (non-hydrogen) atoms. The summed E-state index contributed by atoms with van der Waals surface area (Å²) in [6, 6.07) is 14.3. The molecule has 0 saturated heterocycles. The fraction of sp³-hybridized carbons (Fsp3) is 0.273. The molecule has 0 radical (unpaired) electrons. The highest BCUT2D eigenvalue weighted by Crippen LogP contribution is 2.29. The number of nitrogens with one attached hydrogen (secondary N) is 1. The van der Waals surface area contributed by atoms with Crippen LogP contribution in [0.3, 0.4) is 0 Å². The second-order valence-electron chi connectivity index (χ2n) is 6.54. The van der Waals surface area contributed by atoms with Crippen molar-refractivity contribution in [3.05, 3.63) is 69.8 Å². The number of anilines is 1. The van der Waals surface area contributed by atoms with Crippen LogP contribution in [-0.4, -0.2) is 37.8 Å². The van der Waals surface area contributed by atoms with Crippen LogP contribution in [-0.2, 0) is 20.9 Å². The summed E-state index contributed by atoms with van der Waals surface area (Å²) in [5, 5.41) is 3.41. The molecule has 0 fully saturated rings. The molecule has 0 aromatic heterocycles. The van der Waals surface area contributed by atoms with E-state index in [1.807, 2.05) is 24.3 Å². The fourth-order valence-electron chi connectivity index (χ4n) is 2.98. The van der Waals surface area contributed by atoms with E-state index in [9.17, 15) is 9.59 Å². The molecule has 0 bridgehead atoms. The van der Waals surface area contributed by atoms with E-state index in [0.717, 1.165) is 5.56 Å². The lowest BCUT2D eigenvalue weighted by atomic mass is 10.2. The van der Waals surface area contributed by atoms with Crippen molar-refractivity contribution >= 4 is 40.9 Å². The SMILES string of the molecule is COc1ccccc1CNC(=O)CN(C(=O)C1=C(C)OCCS1)c1ccc(Cl)cc1. The Balaban J connectivity index is 1.77. The lowest BCUT2D eigenvalue weighted by Gasteiger charge is -2.26. The molecule has 1 heterocycles. The maximum atomic E-state index is 13.2. The highest BCUT2D eigenvalue weighted by atomic mass is 35.5. The number of rotatable bonds is 7. The average molecular weight is 447 g/mol. The van der Waals surface area contributed by atoms with Gasteiger partial charge in [-0.15, -0.1) is 11.8 Å². The molecule has 2 aromatic rings. The third-order valence-corrected chi connectivity index (χ3v) is 5.89. The molecule has 0 spiro atoms. The molecule has 2 aromatic carbocycles. The lowest BCUT2D eigenvalue weighted by molar-refractivity contribution is -0.122. The first-order valence-electron chi connectivity index (χ1n) is 9.42. The Morgan fingerprint density at radius 1 is 1.20 bits per heavy atom.